The minimum absolute atomic E-state index is 0.0390. The molecule has 0 radical (unpaired) electrons. The standard InChI is InChI=1S/C20H23NO2/c1-15-5-4-6-16(11-15)12-19(22)21-14-20(23)10-9-17-7-2-3-8-18(17)13-20/h2-8,11,23H,9-10,12-14H2,1H3,(H,21,22). The first-order valence-corrected chi connectivity index (χ1v) is 8.15. The van der Waals surface area contributed by atoms with Gasteiger partial charge in [0, 0.05) is 13.0 Å². The summed E-state index contributed by atoms with van der Waals surface area (Å²) in [5, 5.41) is 13.7. The number of hydrogen-bond donors (Lipinski definition) is 2. The molecule has 3 heteroatoms. The minimum Gasteiger partial charge on any atom is -0.388 e. The number of hydrogen-bond acceptors (Lipinski definition) is 2. The summed E-state index contributed by atoms with van der Waals surface area (Å²) in [7, 11) is 0. The Hall–Kier alpha value is -2.13. The van der Waals surface area contributed by atoms with Gasteiger partial charge in [0.15, 0.2) is 0 Å². The lowest BCUT2D eigenvalue weighted by Gasteiger charge is -2.33. The van der Waals surface area contributed by atoms with Crippen molar-refractivity contribution in [2.45, 2.75) is 38.2 Å². The first-order chi connectivity index (χ1) is 11.0. The lowest BCUT2D eigenvalue weighted by molar-refractivity contribution is -0.121. The van der Waals surface area contributed by atoms with Gasteiger partial charge in [0.25, 0.3) is 0 Å². The van der Waals surface area contributed by atoms with E-state index in [1.54, 1.807) is 0 Å². The zero-order chi connectivity index (χ0) is 16.3. The average molecular weight is 309 g/mol. The quantitative estimate of drug-likeness (QED) is 0.912. The number of carbonyl (C=O) groups is 1. The van der Waals surface area contributed by atoms with Gasteiger partial charge >= 0.3 is 0 Å². The molecule has 3 nitrogen and oxygen atoms in total. The molecule has 23 heavy (non-hydrogen) atoms. The maximum Gasteiger partial charge on any atom is 0.224 e. The van der Waals surface area contributed by atoms with Crippen molar-refractivity contribution < 1.29 is 9.90 Å². The second-order valence-corrected chi connectivity index (χ2v) is 6.61. The van der Waals surface area contributed by atoms with Crippen LogP contribution < -0.4 is 5.32 Å². The fourth-order valence-electron chi connectivity index (χ4n) is 3.27. The maximum absolute atomic E-state index is 12.1. The first-order valence-electron chi connectivity index (χ1n) is 8.15. The van der Waals surface area contributed by atoms with E-state index in [0.717, 1.165) is 17.5 Å². The van der Waals surface area contributed by atoms with Gasteiger partial charge in [-0.05, 0) is 36.5 Å². The van der Waals surface area contributed by atoms with Crippen LogP contribution in [-0.2, 0) is 24.1 Å². The topological polar surface area (TPSA) is 49.3 Å². The summed E-state index contributed by atoms with van der Waals surface area (Å²) in [5.41, 5.74) is 3.81. The highest BCUT2D eigenvalue weighted by molar-refractivity contribution is 5.78. The monoisotopic (exact) mass is 309 g/mol. The molecular formula is C20H23NO2. The molecule has 0 saturated carbocycles. The van der Waals surface area contributed by atoms with E-state index in [1.807, 2.05) is 43.3 Å². The lowest BCUT2D eigenvalue weighted by Crippen LogP contribution is -2.47. The SMILES string of the molecule is Cc1cccc(CC(=O)NCC2(O)CCc3ccccc3C2)c1. The molecule has 0 heterocycles. The van der Waals surface area contributed by atoms with Gasteiger partial charge in [0.1, 0.15) is 0 Å². The summed E-state index contributed by atoms with van der Waals surface area (Å²) < 4.78 is 0. The molecule has 0 bridgehead atoms. The van der Waals surface area contributed by atoms with E-state index in [0.29, 0.717) is 25.8 Å². The molecule has 1 unspecified atom stereocenters. The predicted octanol–water partition coefficient (Wildman–Crippen LogP) is 2.57. The molecule has 0 spiro atoms. The van der Waals surface area contributed by atoms with Crippen molar-refractivity contribution in [3.63, 3.8) is 0 Å². The van der Waals surface area contributed by atoms with Crippen LogP contribution >= 0.6 is 0 Å². The zero-order valence-corrected chi connectivity index (χ0v) is 13.5. The summed E-state index contributed by atoms with van der Waals surface area (Å²) in [4.78, 5) is 12.1. The molecule has 1 amide bonds. The normalized spacial score (nSPS) is 19.9. The van der Waals surface area contributed by atoms with Crippen LogP contribution in [-0.4, -0.2) is 23.2 Å². The van der Waals surface area contributed by atoms with E-state index >= 15 is 0 Å². The van der Waals surface area contributed by atoms with E-state index in [1.165, 1.54) is 11.1 Å². The van der Waals surface area contributed by atoms with Gasteiger partial charge in [-0.2, -0.15) is 0 Å². The van der Waals surface area contributed by atoms with Crippen LogP contribution in [0.5, 0.6) is 0 Å². The molecule has 1 aliphatic carbocycles. The van der Waals surface area contributed by atoms with Gasteiger partial charge < -0.3 is 10.4 Å². The molecule has 0 saturated heterocycles. The van der Waals surface area contributed by atoms with Crippen LogP contribution in [0.25, 0.3) is 0 Å². The number of rotatable bonds is 4. The number of benzene rings is 2. The fourth-order valence-corrected chi connectivity index (χ4v) is 3.27. The van der Waals surface area contributed by atoms with Gasteiger partial charge in [0.2, 0.25) is 5.91 Å². The van der Waals surface area contributed by atoms with Crippen LogP contribution in [0.1, 0.15) is 28.7 Å². The van der Waals surface area contributed by atoms with Crippen LogP contribution in [0.4, 0.5) is 0 Å². The van der Waals surface area contributed by atoms with Crippen LogP contribution in [0.15, 0.2) is 48.5 Å². The van der Waals surface area contributed by atoms with Crippen molar-refractivity contribution in [2.24, 2.45) is 0 Å². The van der Waals surface area contributed by atoms with Crippen molar-refractivity contribution in [3.8, 4) is 0 Å². The minimum atomic E-state index is -0.837. The van der Waals surface area contributed by atoms with Gasteiger partial charge in [-0.25, -0.2) is 0 Å². The molecule has 2 N–H and O–H groups in total. The number of aliphatic hydroxyl groups is 1. The molecule has 2 aromatic rings. The Labute approximate surface area is 137 Å². The third-order valence-corrected chi connectivity index (χ3v) is 4.56. The maximum atomic E-state index is 12.1. The van der Waals surface area contributed by atoms with E-state index in [9.17, 15) is 9.90 Å². The van der Waals surface area contributed by atoms with Crippen molar-refractivity contribution in [3.05, 3.63) is 70.8 Å². The Morgan fingerprint density at radius 1 is 1.17 bits per heavy atom. The highest BCUT2D eigenvalue weighted by Gasteiger charge is 2.32. The van der Waals surface area contributed by atoms with Crippen molar-refractivity contribution >= 4 is 5.91 Å². The van der Waals surface area contributed by atoms with E-state index in [-0.39, 0.29) is 5.91 Å². The molecular weight excluding hydrogens is 286 g/mol. The van der Waals surface area contributed by atoms with Crippen molar-refractivity contribution in [2.75, 3.05) is 6.54 Å². The largest absolute Gasteiger partial charge is 0.388 e. The Balaban J connectivity index is 1.57. The Morgan fingerprint density at radius 3 is 2.74 bits per heavy atom. The number of fused-ring (bicyclic) bond motifs is 1. The van der Waals surface area contributed by atoms with Crippen LogP contribution in [0.2, 0.25) is 0 Å². The second-order valence-electron chi connectivity index (χ2n) is 6.61. The van der Waals surface area contributed by atoms with Crippen LogP contribution in [0.3, 0.4) is 0 Å². The van der Waals surface area contributed by atoms with Crippen molar-refractivity contribution in [1.82, 2.24) is 5.32 Å². The van der Waals surface area contributed by atoms with Crippen LogP contribution in [0, 0.1) is 6.92 Å². The Kier molecular flexibility index (Phi) is 4.49. The number of nitrogens with one attached hydrogen (secondary N) is 1. The number of amides is 1. The van der Waals surface area contributed by atoms with E-state index in [2.05, 4.69) is 17.4 Å². The molecule has 0 aromatic heterocycles. The average Bonchev–Trinajstić information content (AvgIpc) is 2.53. The summed E-state index contributed by atoms with van der Waals surface area (Å²) in [6.07, 6.45) is 2.51. The lowest BCUT2D eigenvalue weighted by atomic mass is 9.80. The Morgan fingerprint density at radius 2 is 1.96 bits per heavy atom. The molecule has 0 aliphatic heterocycles. The van der Waals surface area contributed by atoms with E-state index < -0.39 is 5.60 Å². The fraction of sp³-hybridized carbons (Fsp3) is 0.350. The van der Waals surface area contributed by atoms with Gasteiger partial charge in [-0.1, -0.05) is 54.1 Å². The smallest absolute Gasteiger partial charge is 0.224 e. The number of aryl methyl sites for hydroxylation is 2. The molecule has 120 valence electrons. The third-order valence-electron chi connectivity index (χ3n) is 4.56. The molecule has 0 fully saturated rings. The molecule has 1 atom stereocenters. The third kappa shape index (κ3) is 3.99. The Bertz CT molecular complexity index is 710. The van der Waals surface area contributed by atoms with E-state index in [4.69, 9.17) is 0 Å². The molecule has 2 aromatic carbocycles. The predicted molar refractivity (Wildman–Crippen MR) is 91.3 cm³/mol. The van der Waals surface area contributed by atoms with Gasteiger partial charge in [-0.3, -0.25) is 4.79 Å². The zero-order valence-electron chi connectivity index (χ0n) is 13.5. The first kappa shape index (κ1) is 15.8. The molecule has 1 aliphatic rings. The summed E-state index contributed by atoms with van der Waals surface area (Å²) in [6, 6.07) is 16.2. The number of carbonyl (C=O) groups excluding carboxylic acids is 1. The van der Waals surface area contributed by atoms with Gasteiger partial charge in [0.05, 0.1) is 12.0 Å². The van der Waals surface area contributed by atoms with Crippen molar-refractivity contribution in [1.29, 1.82) is 0 Å². The molecule has 3 rings (SSSR count). The second kappa shape index (κ2) is 6.55. The summed E-state index contributed by atoms with van der Waals surface area (Å²) in [5.74, 6) is -0.0390. The summed E-state index contributed by atoms with van der Waals surface area (Å²) in [6.45, 7) is 2.33. The highest BCUT2D eigenvalue weighted by atomic mass is 16.3. The highest BCUT2D eigenvalue weighted by Crippen LogP contribution is 2.28. The van der Waals surface area contributed by atoms with Gasteiger partial charge in [-0.15, -0.1) is 0 Å². The summed E-state index contributed by atoms with van der Waals surface area (Å²) >= 11 is 0.